The lowest BCUT2D eigenvalue weighted by molar-refractivity contribution is -0.732. The number of benzene rings is 1. The van der Waals surface area contributed by atoms with E-state index in [1.165, 1.54) is 10.3 Å². The second kappa shape index (κ2) is 4.39. The largest absolute Gasteiger partial charge is 0.456 e. The van der Waals surface area contributed by atoms with Crippen LogP contribution in [0.3, 0.4) is 0 Å². The van der Waals surface area contributed by atoms with Crippen LogP contribution in [0.25, 0.3) is 5.57 Å². The van der Waals surface area contributed by atoms with E-state index in [2.05, 4.69) is 0 Å². The van der Waals surface area contributed by atoms with Crippen LogP contribution in [0, 0.1) is 0 Å². The molecule has 1 aliphatic heterocycles. The lowest BCUT2D eigenvalue weighted by atomic mass is 10.1. The summed E-state index contributed by atoms with van der Waals surface area (Å²) in [6.07, 6.45) is 3.64. The zero-order chi connectivity index (χ0) is 13.4. The molecule has 3 rings (SSSR count). The van der Waals surface area contributed by atoms with Gasteiger partial charge in [0.1, 0.15) is 0 Å². The van der Waals surface area contributed by atoms with Crippen molar-refractivity contribution in [3.63, 3.8) is 0 Å². The van der Waals surface area contributed by atoms with Crippen LogP contribution in [0.2, 0.25) is 0 Å². The summed E-state index contributed by atoms with van der Waals surface area (Å²) in [6.45, 7) is 2.02. The minimum Gasteiger partial charge on any atom is -0.456 e. The number of rotatable bonds is 1. The van der Waals surface area contributed by atoms with E-state index in [9.17, 15) is 9.90 Å². The van der Waals surface area contributed by atoms with Gasteiger partial charge in [-0.25, -0.2) is 4.79 Å². The SMILES string of the molecule is CC1=C/C(=[N+]2\OC(=O)C(c3ccccc3)=C2O)CC1. The maximum atomic E-state index is 11.9. The molecule has 0 fully saturated rings. The number of aliphatic hydroxyl groups is 1. The summed E-state index contributed by atoms with van der Waals surface area (Å²) >= 11 is 0. The van der Waals surface area contributed by atoms with E-state index in [0.717, 1.165) is 18.6 Å². The summed E-state index contributed by atoms with van der Waals surface area (Å²) in [5.41, 5.74) is 2.90. The number of nitrogens with zero attached hydrogens (tertiary/aromatic N) is 1. The van der Waals surface area contributed by atoms with E-state index in [1.54, 1.807) is 12.1 Å². The molecule has 1 N–H and O–H groups in total. The quantitative estimate of drug-likeness (QED) is 0.620. The highest BCUT2D eigenvalue weighted by molar-refractivity contribution is 6.17. The fraction of sp³-hybridized carbons (Fsp3) is 0.200. The monoisotopic (exact) mass is 256 g/mol. The molecular weight excluding hydrogens is 242 g/mol. The number of hydroxylamine groups is 1. The highest BCUT2D eigenvalue weighted by Crippen LogP contribution is 2.27. The topological polar surface area (TPSA) is 49.5 Å². The molecule has 19 heavy (non-hydrogen) atoms. The predicted molar refractivity (Wildman–Crippen MR) is 70.3 cm³/mol. The number of hydrogen-bond donors (Lipinski definition) is 1. The van der Waals surface area contributed by atoms with Crippen LogP contribution < -0.4 is 0 Å². The Balaban J connectivity index is 2.10. The summed E-state index contributed by atoms with van der Waals surface area (Å²) in [7, 11) is 0. The number of allylic oxidation sites excluding steroid dienone is 2. The molecule has 1 heterocycles. The first-order valence-electron chi connectivity index (χ1n) is 6.21. The Labute approximate surface area is 110 Å². The van der Waals surface area contributed by atoms with Crippen molar-refractivity contribution < 1.29 is 19.5 Å². The van der Waals surface area contributed by atoms with Crippen LogP contribution in [-0.2, 0) is 9.63 Å². The molecule has 0 saturated carbocycles. The molecule has 1 aliphatic carbocycles. The number of hydrogen-bond acceptors (Lipinski definition) is 3. The summed E-state index contributed by atoms with van der Waals surface area (Å²) in [4.78, 5) is 17.1. The third kappa shape index (κ3) is 1.95. The van der Waals surface area contributed by atoms with Gasteiger partial charge in [0.25, 0.3) is 0 Å². The van der Waals surface area contributed by atoms with Crippen LogP contribution in [0.5, 0.6) is 0 Å². The van der Waals surface area contributed by atoms with Crippen molar-refractivity contribution in [1.82, 2.24) is 0 Å². The summed E-state index contributed by atoms with van der Waals surface area (Å²) in [5, 5.41) is 10.2. The molecule has 0 aromatic heterocycles. The van der Waals surface area contributed by atoms with Gasteiger partial charge in [-0.3, -0.25) is 0 Å². The first kappa shape index (κ1) is 11.7. The van der Waals surface area contributed by atoms with E-state index in [-0.39, 0.29) is 11.5 Å². The van der Waals surface area contributed by atoms with E-state index >= 15 is 0 Å². The van der Waals surface area contributed by atoms with Crippen LogP contribution in [0.1, 0.15) is 25.3 Å². The Morgan fingerprint density at radius 1 is 1.21 bits per heavy atom. The normalized spacial score (nSPS) is 22.8. The second-order valence-corrected chi connectivity index (χ2v) is 4.72. The van der Waals surface area contributed by atoms with Crippen molar-refractivity contribution in [2.75, 3.05) is 0 Å². The third-order valence-corrected chi connectivity index (χ3v) is 3.31. The Morgan fingerprint density at radius 2 is 1.95 bits per heavy atom. The molecule has 1 aromatic carbocycles. The Bertz CT molecular complexity index is 639. The van der Waals surface area contributed by atoms with E-state index in [1.807, 2.05) is 31.2 Å². The van der Waals surface area contributed by atoms with Crippen molar-refractivity contribution in [2.24, 2.45) is 0 Å². The lowest BCUT2D eigenvalue weighted by Crippen LogP contribution is -2.15. The molecular formula is C15H14NO3+. The van der Waals surface area contributed by atoms with Crippen LogP contribution in [0.15, 0.2) is 47.9 Å². The maximum Gasteiger partial charge on any atom is 0.431 e. The molecule has 4 nitrogen and oxygen atoms in total. The van der Waals surface area contributed by atoms with Crippen molar-refractivity contribution >= 4 is 17.3 Å². The van der Waals surface area contributed by atoms with Crippen LogP contribution >= 0.6 is 0 Å². The van der Waals surface area contributed by atoms with Gasteiger partial charge in [0.15, 0.2) is 5.57 Å². The van der Waals surface area contributed by atoms with Gasteiger partial charge in [-0.05, 0) is 18.9 Å². The lowest BCUT2D eigenvalue weighted by Gasteiger charge is -1.92. The van der Waals surface area contributed by atoms with E-state index < -0.39 is 5.97 Å². The van der Waals surface area contributed by atoms with Crippen molar-refractivity contribution in [3.05, 3.63) is 53.4 Å². The van der Waals surface area contributed by atoms with Gasteiger partial charge < -0.3 is 5.11 Å². The number of carbonyl (C=O) groups excluding carboxylic acids is 1. The zero-order valence-electron chi connectivity index (χ0n) is 10.6. The van der Waals surface area contributed by atoms with E-state index in [0.29, 0.717) is 5.56 Å². The molecule has 0 spiro atoms. The summed E-state index contributed by atoms with van der Waals surface area (Å²) in [5.74, 6) is -0.647. The average Bonchev–Trinajstić information content (AvgIpc) is 2.95. The highest BCUT2D eigenvalue weighted by atomic mass is 16.7. The van der Waals surface area contributed by atoms with Gasteiger partial charge in [-0.15, -0.1) is 0 Å². The molecule has 0 saturated heterocycles. The van der Waals surface area contributed by atoms with Gasteiger partial charge >= 0.3 is 11.9 Å². The minimum absolute atomic E-state index is 0.128. The van der Waals surface area contributed by atoms with Crippen LogP contribution in [-0.4, -0.2) is 21.5 Å². The average molecular weight is 256 g/mol. The molecule has 0 radical (unpaired) electrons. The van der Waals surface area contributed by atoms with Crippen molar-refractivity contribution in [1.29, 1.82) is 0 Å². The Hall–Kier alpha value is -2.36. The Kier molecular flexibility index (Phi) is 2.71. The fourth-order valence-electron chi connectivity index (χ4n) is 2.33. The smallest absolute Gasteiger partial charge is 0.431 e. The van der Waals surface area contributed by atoms with Crippen LogP contribution in [0.4, 0.5) is 0 Å². The number of aliphatic hydroxyl groups excluding tert-OH is 1. The third-order valence-electron chi connectivity index (χ3n) is 3.31. The number of carbonyl (C=O) groups is 1. The Morgan fingerprint density at radius 3 is 2.58 bits per heavy atom. The zero-order valence-corrected chi connectivity index (χ0v) is 10.6. The van der Waals surface area contributed by atoms with Crippen molar-refractivity contribution in [3.8, 4) is 0 Å². The minimum atomic E-state index is -0.519. The summed E-state index contributed by atoms with van der Waals surface area (Å²) in [6, 6.07) is 9.04. The predicted octanol–water partition coefficient (Wildman–Crippen LogP) is 2.58. The molecule has 0 amide bonds. The van der Waals surface area contributed by atoms with Gasteiger partial charge in [0.05, 0.1) is 4.74 Å². The van der Waals surface area contributed by atoms with E-state index in [4.69, 9.17) is 4.84 Å². The first-order chi connectivity index (χ1) is 9.16. The van der Waals surface area contributed by atoms with Crippen molar-refractivity contribution in [2.45, 2.75) is 19.8 Å². The van der Waals surface area contributed by atoms with Gasteiger partial charge in [-0.1, -0.05) is 35.9 Å². The molecule has 1 aromatic rings. The molecule has 2 aliphatic rings. The highest BCUT2D eigenvalue weighted by Gasteiger charge is 2.42. The molecule has 0 atom stereocenters. The maximum absolute atomic E-state index is 11.9. The van der Waals surface area contributed by atoms with Gasteiger partial charge in [0.2, 0.25) is 5.71 Å². The fourth-order valence-corrected chi connectivity index (χ4v) is 2.33. The molecule has 4 heteroatoms. The van der Waals surface area contributed by atoms with Gasteiger partial charge in [0, 0.05) is 12.5 Å². The van der Waals surface area contributed by atoms with Gasteiger partial charge in [-0.2, -0.15) is 4.84 Å². The second-order valence-electron chi connectivity index (χ2n) is 4.72. The standard InChI is InChI=1S/C15H13NO3/c1-10-7-8-12(9-10)16-14(17)13(15(18)19-16)11-5-3-2-4-6-11/h2-6,9H,7-8H2,1H3/p+1/b16-12-. The molecule has 0 bridgehead atoms. The summed E-state index contributed by atoms with van der Waals surface area (Å²) < 4.78 is 1.24. The first-order valence-corrected chi connectivity index (χ1v) is 6.21. The molecule has 96 valence electrons. The molecule has 0 unspecified atom stereocenters.